The molecule has 0 atom stereocenters. The molecule has 8 nitrogen and oxygen atoms in total. The predicted molar refractivity (Wildman–Crippen MR) is 116 cm³/mol. The van der Waals surface area contributed by atoms with Crippen molar-refractivity contribution in [2.45, 2.75) is 30.6 Å². The average molecular weight is 437 g/mol. The van der Waals surface area contributed by atoms with Crippen LogP contribution in [0.4, 0.5) is 5.69 Å². The first-order valence-electron chi connectivity index (χ1n) is 10.6. The van der Waals surface area contributed by atoms with Crippen molar-refractivity contribution in [2.24, 2.45) is 0 Å². The van der Waals surface area contributed by atoms with Crippen molar-refractivity contribution in [2.75, 3.05) is 63.9 Å². The number of nitrogens with zero attached hydrogens (tertiary/aromatic N) is 3. The van der Waals surface area contributed by atoms with Gasteiger partial charge in [0.05, 0.1) is 18.0 Å². The molecule has 0 spiro atoms. The Kier molecular flexibility index (Phi) is 7.85. The van der Waals surface area contributed by atoms with Crippen LogP contribution in [0.15, 0.2) is 29.2 Å². The first-order chi connectivity index (χ1) is 14.3. The van der Waals surface area contributed by atoms with Crippen molar-refractivity contribution in [1.82, 2.24) is 14.7 Å². The van der Waals surface area contributed by atoms with Crippen molar-refractivity contribution in [3.63, 3.8) is 0 Å². The van der Waals surface area contributed by atoms with Crippen LogP contribution in [-0.2, 0) is 19.4 Å². The molecule has 166 valence electrons. The molecular formula is C21H32N4O4S. The Hall–Kier alpha value is -1.97. The number of sulfone groups is 1. The van der Waals surface area contributed by atoms with E-state index in [4.69, 9.17) is 0 Å². The molecule has 30 heavy (non-hydrogen) atoms. The highest BCUT2D eigenvalue weighted by molar-refractivity contribution is 7.90. The number of piperazine rings is 1. The summed E-state index contributed by atoms with van der Waals surface area (Å²) in [7, 11) is -3.25. The molecule has 2 amide bonds. The van der Waals surface area contributed by atoms with Gasteiger partial charge in [-0.15, -0.1) is 0 Å². The van der Waals surface area contributed by atoms with E-state index >= 15 is 0 Å². The first-order valence-corrected chi connectivity index (χ1v) is 12.5. The van der Waals surface area contributed by atoms with Gasteiger partial charge in [-0.3, -0.25) is 19.4 Å². The van der Waals surface area contributed by atoms with Crippen LogP contribution in [0.2, 0.25) is 0 Å². The van der Waals surface area contributed by atoms with E-state index in [1.807, 2.05) is 4.90 Å². The van der Waals surface area contributed by atoms with E-state index in [2.05, 4.69) is 15.1 Å². The molecule has 9 heteroatoms. The number of benzene rings is 1. The number of likely N-dealkylation sites (tertiary alicyclic amines) is 1. The van der Waals surface area contributed by atoms with E-state index < -0.39 is 9.84 Å². The second-order valence-electron chi connectivity index (χ2n) is 8.19. The second-order valence-corrected chi connectivity index (χ2v) is 10.2. The zero-order valence-electron chi connectivity index (χ0n) is 17.7. The van der Waals surface area contributed by atoms with Gasteiger partial charge in [0.15, 0.2) is 9.84 Å². The number of amides is 2. The molecule has 2 heterocycles. The normalized spacial score (nSPS) is 19.3. The van der Waals surface area contributed by atoms with E-state index in [9.17, 15) is 18.0 Å². The zero-order chi connectivity index (χ0) is 21.6. The average Bonchev–Trinajstić information content (AvgIpc) is 2.99. The monoisotopic (exact) mass is 436 g/mol. The maximum absolute atomic E-state index is 12.5. The minimum atomic E-state index is -3.25. The van der Waals surface area contributed by atoms with Crippen molar-refractivity contribution >= 4 is 27.3 Å². The number of hydrogen-bond donors (Lipinski definition) is 1. The van der Waals surface area contributed by atoms with Gasteiger partial charge >= 0.3 is 0 Å². The molecule has 0 bridgehead atoms. The van der Waals surface area contributed by atoms with Gasteiger partial charge in [0.2, 0.25) is 11.8 Å². The quantitative estimate of drug-likeness (QED) is 0.717. The summed E-state index contributed by atoms with van der Waals surface area (Å²) in [4.78, 5) is 31.3. The number of hydrogen-bond acceptors (Lipinski definition) is 6. The van der Waals surface area contributed by atoms with Gasteiger partial charge < -0.3 is 10.2 Å². The molecule has 2 fully saturated rings. The van der Waals surface area contributed by atoms with Crippen molar-refractivity contribution < 1.29 is 18.0 Å². The van der Waals surface area contributed by atoms with Crippen LogP contribution in [0, 0.1) is 0 Å². The third-order valence-electron chi connectivity index (χ3n) is 5.72. The number of carbonyl (C=O) groups excluding carboxylic acids is 2. The summed E-state index contributed by atoms with van der Waals surface area (Å²) < 4.78 is 23.0. The van der Waals surface area contributed by atoms with Crippen molar-refractivity contribution in [1.29, 1.82) is 0 Å². The van der Waals surface area contributed by atoms with E-state index in [1.165, 1.54) is 25.0 Å². The summed E-state index contributed by atoms with van der Waals surface area (Å²) in [5.41, 5.74) is 0.578. The molecule has 1 N–H and O–H groups in total. The van der Waals surface area contributed by atoms with E-state index in [0.717, 1.165) is 58.4 Å². The molecule has 0 unspecified atom stereocenters. The van der Waals surface area contributed by atoms with Gasteiger partial charge in [-0.2, -0.15) is 0 Å². The smallest absolute Gasteiger partial charge is 0.238 e. The molecule has 0 aromatic heterocycles. The minimum Gasteiger partial charge on any atom is -0.342 e. The third kappa shape index (κ3) is 6.78. The SMILES string of the molecule is CS(=O)(=O)c1ccc(NC(=O)CN2CCN(CC(=O)N3CCCCCC3)CC2)cc1. The van der Waals surface area contributed by atoms with Crippen LogP contribution >= 0.6 is 0 Å². The standard InChI is InChI=1S/C21H32N4O4S/c1-30(28,29)19-8-6-18(7-9-19)22-20(26)16-23-12-14-24(15-13-23)17-21(27)25-10-4-2-3-5-11-25/h6-9H,2-5,10-17H2,1H3,(H,22,26). The maximum atomic E-state index is 12.5. The molecule has 2 aliphatic rings. The van der Waals surface area contributed by atoms with Gasteiger partial charge in [0, 0.05) is 51.2 Å². The number of anilines is 1. The van der Waals surface area contributed by atoms with Crippen molar-refractivity contribution in [3.05, 3.63) is 24.3 Å². The number of carbonyl (C=O) groups is 2. The fourth-order valence-corrected chi connectivity index (χ4v) is 4.54. The topological polar surface area (TPSA) is 90.0 Å². The van der Waals surface area contributed by atoms with Crippen LogP contribution in [0.1, 0.15) is 25.7 Å². The fraction of sp³-hybridized carbons (Fsp3) is 0.619. The van der Waals surface area contributed by atoms with Crippen molar-refractivity contribution in [3.8, 4) is 0 Å². The number of rotatable bonds is 6. The molecule has 0 aliphatic carbocycles. The molecule has 2 aliphatic heterocycles. The highest BCUT2D eigenvalue weighted by atomic mass is 32.2. The molecule has 3 rings (SSSR count). The lowest BCUT2D eigenvalue weighted by molar-refractivity contribution is -0.133. The lowest BCUT2D eigenvalue weighted by Crippen LogP contribution is -2.51. The Balaban J connectivity index is 1.39. The third-order valence-corrected chi connectivity index (χ3v) is 6.84. The summed E-state index contributed by atoms with van der Waals surface area (Å²) in [6.07, 6.45) is 5.79. The van der Waals surface area contributed by atoms with E-state index in [1.54, 1.807) is 12.1 Å². The molecule has 1 aromatic carbocycles. The zero-order valence-corrected chi connectivity index (χ0v) is 18.5. The van der Waals surface area contributed by atoms with Crippen LogP contribution in [-0.4, -0.2) is 93.5 Å². The van der Waals surface area contributed by atoms with Gasteiger partial charge in [-0.1, -0.05) is 12.8 Å². The Morgan fingerprint density at radius 1 is 0.833 bits per heavy atom. The molecular weight excluding hydrogens is 404 g/mol. The maximum Gasteiger partial charge on any atom is 0.238 e. The first kappa shape index (κ1) is 22.7. The van der Waals surface area contributed by atoms with Gasteiger partial charge in [0.25, 0.3) is 0 Å². The lowest BCUT2D eigenvalue weighted by Gasteiger charge is -2.35. The summed E-state index contributed by atoms with van der Waals surface area (Å²) in [5.74, 6) is 0.0943. The minimum absolute atomic E-state index is 0.129. The van der Waals surface area contributed by atoms with Crippen LogP contribution in [0.3, 0.4) is 0 Å². The number of nitrogens with one attached hydrogen (secondary N) is 1. The van der Waals surface area contributed by atoms with Gasteiger partial charge in [0.1, 0.15) is 0 Å². The summed E-state index contributed by atoms with van der Waals surface area (Å²) in [6, 6.07) is 6.18. The van der Waals surface area contributed by atoms with Crippen LogP contribution in [0.25, 0.3) is 0 Å². The summed E-state index contributed by atoms with van der Waals surface area (Å²) in [5, 5.41) is 2.81. The Morgan fingerprint density at radius 2 is 1.37 bits per heavy atom. The van der Waals surface area contributed by atoms with Crippen LogP contribution in [0.5, 0.6) is 0 Å². The Labute approximate surface area is 179 Å². The van der Waals surface area contributed by atoms with Crippen LogP contribution < -0.4 is 5.32 Å². The molecule has 0 radical (unpaired) electrons. The molecule has 1 aromatic rings. The fourth-order valence-electron chi connectivity index (χ4n) is 3.91. The summed E-state index contributed by atoms with van der Waals surface area (Å²) >= 11 is 0. The summed E-state index contributed by atoms with van der Waals surface area (Å²) in [6.45, 7) is 5.54. The van der Waals surface area contributed by atoms with E-state index in [0.29, 0.717) is 12.2 Å². The highest BCUT2D eigenvalue weighted by Gasteiger charge is 2.23. The largest absolute Gasteiger partial charge is 0.342 e. The predicted octanol–water partition coefficient (Wildman–Crippen LogP) is 1.05. The van der Waals surface area contributed by atoms with Gasteiger partial charge in [-0.25, -0.2) is 8.42 Å². The van der Waals surface area contributed by atoms with Gasteiger partial charge in [-0.05, 0) is 37.1 Å². The molecule has 2 saturated heterocycles. The Morgan fingerprint density at radius 3 is 1.90 bits per heavy atom. The highest BCUT2D eigenvalue weighted by Crippen LogP contribution is 2.14. The Bertz CT molecular complexity index is 825. The lowest BCUT2D eigenvalue weighted by atomic mass is 10.2. The molecule has 0 saturated carbocycles. The van der Waals surface area contributed by atoms with E-state index in [-0.39, 0.29) is 23.3 Å². The second kappa shape index (κ2) is 10.4.